The maximum Gasteiger partial charge on any atom is 0.297 e. The Morgan fingerprint density at radius 2 is 1.17 bits per heavy atom. The summed E-state index contributed by atoms with van der Waals surface area (Å²) in [6, 6.07) is 15.3. The van der Waals surface area contributed by atoms with Crippen LogP contribution in [0.4, 0.5) is 5.69 Å². The van der Waals surface area contributed by atoms with Gasteiger partial charge in [-0.15, -0.1) is 0 Å². The molecular weight excluding hydrogens is 398 g/mol. The Hall–Kier alpha value is -2.17. The van der Waals surface area contributed by atoms with E-state index in [0.29, 0.717) is 51.1 Å². The van der Waals surface area contributed by atoms with E-state index < -0.39 is 10.1 Å². The molecule has 0 heterocycles. The number of benzene rings is 2. The van der Waals surface area contributed by atoms with Gasteiger partial charge in [-0.1, -0.05) is 30.3 Å². The number of para-hydroxylation sites is 2. The third kappa shape index (κ3) is 9.25. The molecule has 0 aromatic heterocycles. The van der Waals surface area contributed by atoms with Gasteiger partial charge in [-0.3, -0.25) is 4.18 Å². The fourth-order valence-corrected chi connectivity index (χ4v) is 3.14. The topological polar surface area (TPSA) is 106 Å². The first-order valence-corrected chi connectivity index (χ1v) is 10.7. The van der Waals surface area contributed by atoms with Gasteiger partial charge in [-0.2, -0.15) is 8.42 Å². The average Bonchev–Trinajstić information content (AvgIpc) is 2.73. The number of nitrogen functional groups attached to an aromatic ring is 1. The molecule has 0 spiro atoms. The quantitative estimate of drug-likeness (QED) is 0.263. The lowest BCUT2D eigenvalue weighted by Gasteiger charge is -2.09. The Morgan fingerprint density at radius 1 is 0.655 bits per heavy atom. The van der Waals surface area contributed by atoms with Gasteiger partial charge in [0.1, 0.15) is 12.4 Å². The van der Waals surface area contributed by atoms with E-state index in [-0.39, 0.29) is 18.1 Å². The second kappa shape index (κ2) is 13.1. The lowest BCUT2D eigenvalue weighted by molar-refractivity contribution is 0.00531. The maximum absolute atomic E-state index is 11.9. The third-order valence-electron chi connectivity index (χ3n) is 3.65. The van der Waals surface area contributed by atoms with Gasteiger partial charge in [0.2, 0.25) is 0 Å². The zero-order valence-electron chi connectivity index (χ0n) is 16.2. The molecule has 0 aliphatic carbocycles. The average molecular weight is 426 g/mol. The summed E-state index contributed by atoms with van der Waals surface area (Å²) in [6.45, 7) is 2.53. The fourth-order valence-electron chi connectivity index (χ4n) is 2.22. The predicted molar refractivity (Wildman–Crippen MR) is 108 cm³/mol. The van der Waals surface area contributed by atoms with Crippen molar-refractivity contribution in [2.75, 3.05) is 58.6 Å². The molecule has 160 valence electrons. The molecule has 0 bridgehead atoms. The van der Waals surface area contributed by atoms with Crippen molar-refractivity contribution in [2.45, 2.75) is 4.90 Å². The largest absolute Gasteiger partial charge is 0.489 e. The van der Waals surface area contributed by atoms with Gasteiger partial charge >= 0.3 is 0 Å². The Kier molecular flexibility index (Phi) is 10.5. The molecule has 0 aliphatic heterocycles. The van der Waals surface area contributed by atoms with Crippen molar-refractivity contribution >= 4 is 15.8 Å². The number of nitrogens with two attached hydrogens (primary N) is 1. The monoisotopic (exact) mass is 425 g/mol. The molecule has 2 rings (SSSR count). The molecule has 8 nitrogen and oxygen atoms in total. The van der Waals surface area contributed by atoms with Crippen LogP contribution in [0.1, 0.15) is 0 Å². The highest BCUT2D eigenvalue weighted by molar-refractivity contribution is 7.86. The smallest absolute Gasteiger partial charge is 0.297 e. The van der Waals surface area contributed by atoms with E-state index in [1.807, 2.05) is 12.1 Å². The molecule has 2 aromatic rings. The molecule has 0 aliphatic rings. The van der Waals surface area contributed by atoms with Crippen LogP contribution in [0.15, 0.2) is 59.5 Å². The van der Waals surface area contributed by atoms with Gasteiger partial charge in [0.05, 0.1) is 56.8 Å². The van der Waals surface area contributed by atoms with E-state index in [9.17, 15) is 8.42 Å². The number of rotatable bonds is 15. The van der Waals surface area contributed by atoms with Crippen molar-refractivity contribution in [2.24, 2.45) is 0 Å². The number of ether oxygens (including phenoxy) is 4. The normalized spacial score (nSPS) is 11.4. The summed E-state index contributed by atoms with van der Waals surface area (Å²) < 4.78 is 50.2. The van der Waals surface area contributed by atoms with Crippen LogP contribution < -0.4 is 10.5 Å². The first-order chi connectivity index (χ1) is 14.1. The van der Waals surface area contributed by atoms with Gasteiger partial charge in [-0.05, 0) is 24.3 Å². The Balaban J connectivity index is 1.39. The van der Waals surface area contributed by atoms with Crippen molar-refractivity contribution < 1.29 is 31.5 Å². The summed E-state index contributed by atoms with van der Waals surface area (Å²) in [5.74, 6) is 0.644. The molecule has 0 saturated carbocycles. The molecule has 0 unspecified atom stereocenters. The van der Waals surface area contributed by atoms with Crippen LogP contribution in [0, 0.1) is 0 Å². The van der Waals surface area contributed by atoms with E-state index in [1.165, 1.54) is 12.1 Å². The number of anilines is 1. The minimum atomic E-state index is -3.74. The number of hydrogen-bond acceptors (Lipinski definition) is 8. The van der Waals surface area contributed by atoms with E-state index in [2.05, 4.69) is 0 Å². The van der Waals surface area contributed by atoms with Crippen LogP contribution in [0.5, 0.6) is 5.75 Å². The Bertz CT molecular complexity index is 799. The van der Waals surface area contributed by atoms with E-state index in [1.54, 1.807) is 30.3 Å². The highest BCUT2D eigenvalue weighted by Gasteiger charge is 2.13. The minimum Gasteiger partial charge on any atom is -0.489 e. The highest BCUT2D eigenvalue weighted by Crippen LogP contribution is 2.19. The molecule has 0 saturated heterocycles. The number of hydrogen-bond donors (Lipinski definition) is 1. The van der Waals surface area contributed by atoms with Crippen LogP contribution in [0.25, 0.3) is 0 Å². The van der Waals surface area contributed by atoms with Crippen LogP contribution in [-0.2, 0) is 28.5 Å². The third-order valence-corrected chi connectivity index (χ3v) is 4.97. The SMILES string of the molecule is Nc1ccccc1OCCOCCOCCOCCOS(=O)(=O)c1ccccc1. The van der Waals surface area contributed by atoms with Crippen LogP contribution in [-0.4, -0.2) is 61.3 Å². The van der Waals surface area contributed by atoms with E-state index >= 15 is 0 Å². The molecule has 9 heteroatoms. The van der Waals surface area contributed by atoms with Gasteiger partial charge in [0.25, 0.3) is 10.1 Å². The van der Waals surface area contributed by atoms with Gasteiger partial charge in [0.15, 0.2) is 0 Å². The molecule has 29 heavy (non-hydrogen) atoms. The van der Waals surface area contributed by atoms with Gasteiger partial charge in [-0.25, -0.2) is 0 Å². The maximum atomic E-state index is 11.9. The second-order valence-electron chi connectivity index (χ2n) is 5.81. The minimum absolute atomic E-state index is 0.0493. The molecule has 0 amide bonds. The van der Waals surface area contributed by atoms with Crippen LogP contribution in [0.3, 0.4) is 0 Å². The van der Waals surface area contributed by atoms with Crippen molar-refractivity contribution in [1.29, 1.82) is 0 Å². The standard InChI is InChI=1S/C20H27NO7S/c21-19-8-4-5-9-20(19)27-16-14-25-12-10-24-11-13-26-15-17-28-29(22,23)18-6-2-1-3-7-18/h1-9H,10-17,21H2. The van der Waals surface area contributed by atoms with Gasteiger partial charge in [0, 0.05) is 0 Å². The Labute approximate surface area is 171 Å². The summed E-state index contributed by atoms with van der Waals surface area (Å²) in [5, 5.41) is 0. The fraction of sp³-hybridized carbons (Fsp3) is 0.400. The first-order valence-electron chi connectivity index (χ1n) is 9.24. The Morgan fingerprint density at radius 3 is 1.79 bits per heavy atom. The molecule has 2 aromatic carbocycles. The van der Waals surface area contributed by atoms with Crippen molar-refractivity contribution in [3.63, 3.8) is 0 Å². The van der Waals surface area contributed by atoms with Crippen molar-refractivity contribution in [3.05, 3.63) is 54.6 Å². The summed E-state index contributed by atoms with van der Waals surface area (Å²) in [6.07, 6.45) is 0. The van der Waals surface area contributed by atoms with Crippen molar-refractivity contribution in [1.82, 2.24) is 0 Å². The lowest BCUT2D eigenvalue weighted by atomic mass is 10.3. The predicted octanol–water partition coefficient (Wildman–Crippen LogP) is 2.10. The summed E-state index contributed by atoms with van der Waals surface area (Å²) in [4.78, 5) is 0.126. The molecular formula is C20H27NO7S. The second-order valence-corrected chi connectivity index (χ2v) is 7.43. The van der Waals surface area contributed by atoms with Crippen LogP contribution >= 0.6 is 0 Å². The molecule has 0 fully saturated rings. The van der Waals surface area contributed by atoms with Crippen molar-refractivity contribution in [3.8, 4) is 5.75 Å². The summed E-state index contributed by atoms with van der Waals surface area (Å²) >= 11 is 0. The molecule has 0 atom stereocenters. The van der Waals surface area contributed by atoms with Crippen LogP contribution in [0.2, 0.25) is 0 Å². The zero-order valence-corrected chi connectivity index (χ0v) is 17.0. The first kappa shape index (κ1) is 23.1. The molecule has 2 N–H and O–H groups in total. The van der Waals surface area contributed by atoms with E-state index in [4.69, 9.17) is 28.9 Å². The van der Waals surface area contributed by atoms with Gasteiger partial charge < -0.3 is 24.7 Å². The van der Waals surface area contributed by atoms with E-state index in [0.717, 1.165) is 0 Å². The molecule has 0 radical (unpaired) electrons. The lowest BCUT2D eigenvalue weighted by Crippen LogP contribution is -2.15. The zero-order chi connectivity index (χ0) is 20.8. The highest BCUT2D eigenvalue weighted by atomic mass is 32.2. The summed E-state index contributed by atoms with van der Waals surface area (Å²) in [5.41, 5.74) is 6.37. The summed E-state index contributed by atoms with van der Waals surface area (Å²) in [7, 11) is -3.74.